The molecule has 1 fully saturated rings. The third-order valence-corrected chi connectivity index (χ3v) is 3.86. The lowest BCUT2D eigenvalue weighted by atomic mass is 9.95. The van der Waals surface area contributed by atoms with Crippen LogP contribution in [0.5, 0.6) is 0 Å². The van der Waals surface area contributed by atoms with E-state index < -0.39 is 0 Å². The van der Waals surface area contributed by atoms with Crippen molar-refractivity contribution in [1.82, 2.24) is 10.2 Å². The van der Waals surface area contributed by atoms with E-state index in [4.69, 9.17) is 4.42 Å². The Morgan fingerprint density at radius 1 is 1.41 bits per heavy atom. The second-order valence-corrected chi connectivity index (χ2v) is 5.73. The lowest BCUT2D eigenvalue weighted by Crippen LogP contribution is -2.58. The maximum atomic E-state index is 5.65. The fourth-order valence-corrected chi connectivity index (χ4v) is 2.95. The van der Waals surface area contributed by atoms with Crippen molar-refractivity contribution in [2.24, 2.45) is 0 Å². The van der Waals surface area contributed by atoms with Crippen LogP contribution in [0.15, 0.2) is 10.5 Å². The molecule has 1 aromatic rings. The molecule has 1 N–H and O–H groups in total. The van der Waals surface area contributed by atoms with Crippen LogP contribution in [0, 0.1) is 13.8 Å². The minimum atomic E-state index is 0.204. The van der Waals surface area contributed by atoms with Gasteiger partial charge in [0.1, 0.15) is 11.5 Å². The predicted molar refractivity (Wildman–Crippen MR) is 70.3 cm³/mol. The molecule has 17 heavy (non-hydrogen) atoms. The zero-order chi connectivity index (χ0) is 12.6. The Hall–Kier alpha value is -0.800. The van der Waals surface area contributed by atoms with Gasteiger partial charge in [0.2, 0.25) is 0 Å². The number of hydrogen-bond acceptors (Lipinski definition) is 3. The van der Waals surface area contributed by atoms with Crippen LogP contribution >= 0.6 is 0 Å². The summed E-state index contributed by atoms with van der Waals surface area (Å²) in [4.78, 5) is 2.57. The minimum absolute atomic E-state index is 0.204. The number of nitrogens with zero attached hydrogens (tertiary/aromatic N) is 1. The van der Waals surface area contributed by atoms with Crippen LogP contribution in [-0.4, -0.2) is 30.1 Å². The maximum Gasteiger partial charge on any atom is 0.105 e. The molecule has 0 spiro atoms. The minimum Gasteiger partial charge on any atom is -0.466 e. The van der Waals surface area contributed by atoms with E-state index in [0.29, 0.717) is 6.04 Å². The van der Waals surface area contributed by atoms with E-state index in [0.717, 1.165) is 31.2 Å². The highest BCUT2D eigenvalue weighted by Crippen LogP contribution is 2.32. The third kappa shape index (κ3) is 2.40. The van der Waals surface area contributed by atoms with Gasteiger partial charge in [-0.25, -0.2) is 0 Å². The molecule has 1 aromatic heterocycles. The second-order valence-electron chi connectivity index (χ2n) is 5.73. The van der Waals surface area contributed by atoms with Gasteiger partial charge in [0, 0.05) is 36.8 Å². The Morgan fingerprint density at radius 3 is 2.65 bits per heavy atom. The summed E-state index contributed by atoms with van der Waals surface area (Å²) < 4.78 is 5.65. The number of nitrogens with one attached hydrogen (secondary N) is 1. The van der Waals surface area contributed by atoms with E-state index in [2.05, 4.69) is 44.0 Å². The molecule has 3 nitrogen and oxygen atoms in total. The molecule has 3 heteroatoms. The number of hydrogen-bond donors (Lipinski definition) is 1. The van der Waals surface area contributed by atoms with Gasteiger partial charge in [-0.2, -0.15) is 0 Å². The van der Waals surface area contributed by atoms with Gasteiger partial charge >= 0.3 is 0 Å². The lowest BCUT2D eigenvalue weighted by molar-refractivity contribution is 0.0511. The zero-order valence-corrected chi connectivity index (χ0v) is 11.6. The van der Waals surface area contributed by atoms with E-state index >= 15 is 0 Å². The molecule has 0 aromatic carbocycles. The summed E-state index contributed by atoms with van der Waals surface area (Å²) in [5.74, 6) is 2.07. The van der Waals surface area contributed by atoms with Crippen molar-refractivity contribution < 1.29 is 4.42 Å². The Kier molecular flexibility index (Phi) is 3.32. The maximum absolute atomic E-state index is 5.65. The van der Waals surface area contributed by atoms with Crippen molar-refractivity contribution in [1.29, 1.82) is 0 Å². The third-order valence-electron chi connectivity index (χ3n) is 3.86. The van der Waals surface area contributed by atoms with Crippen molar-refractivity contribution >= 4 is 0 Å². The van der Waals surface area contributed by atoms with E-state index in [1.807, 2.05) is 6.92 Å². The predicted octanol–water partition coefficient (Wildman–Crippen LogP) is 2.64. The van der Waals surface area contributed by atoms with Gasteiger partial charge in [-0.15, -0.1) is 0 Å². The molecule has 96 valence electrons. The number of rotatable bonds is 2. The summed E-state index contributed by atoms with van der Waals surface area (Å²) in [6.45, 7) is 14.2. The summed E-state index contributed by atoms with van der Waals surface area (Å²) in [5, 5.41) is 3.47. The second kappa shape index (κ2) is 4.46. The molecule has 1 atom stereocenters. The van der Waals surface area contributed by atoms with Crippen molar-refractivity contribution in [3.8, 4) is 0 Å². The van der Waals surface area contributed by atoms with E-state index in [1.165, 1.54) is 5.56 Å². The molecule has 0 aliphatic carbocycles. The molecule has 0 radical (unpaired) electrons. The average molecular weight is 236 g/mol. The van der Waals surface area contributed by atoms with Gasteiger partial charge in [-0.05, 0) is 40.7 Å². The molecule has 0 bridgehead atoms. The highest BCUT2D eigenvalue weighted by atomic mass is 16.3. The molecule has 1 aliphatic heterocycles. The van der Waals surface area contributed by atoms with E-state index in [1.54, 1.807) is 0 Å². The molecule has 2 rings (SSSR count). The molecule has 1 saturated heterocycles. The van der Waals surface area contributed by atoms with Crippen LogP contribution in [0.1, 0.15) is 43.9 Å². The first-order valence-corrected chi connectivity index (χ1v) is 6.46. The van der Waals surface area contributed by atoms with Crippen molar-refractivity contribution in [2.75, 3.05) is 19.6 Å². The average Bonchev–Trinajstić information content (AvgIpc) is 2.56. The lowest BCUT2D eigenvalue weighted by Gasteiger charge is -2.46. The number of furan rings is 1. The van der Waals surface area contributed by atoms with E-state index in [9.17, 15) is 0 Å². The van der Waals surface area contributed by atoms with Gasteiger partial charge in [-0.1, -0.05) is 0 Å². The van der Waals surface area contributed by atoms with Crippen molar-refractivity contribution in [3.63, 3.8) is 0 Å². The molecular formula is C14H24N2O. The van der Waals surface area contributed by atoms with Crippen LogP contribution in [0.4, 0.5) is 0 Å². The Morgan fingerprint density at radius 2 is 2.12 bits per heavy atom. The fraction of sp³-hybridized carbons (Fsp3) is 0.714. The van der Waals surface area contributed by atoms with Crippen molar-refractivity contribution in [2.45, 2.75) is 46.2 Å². The summed E-state index contributed by atoms with van der Waals surface area (Å²) >= 11 is 0. The Balaban J connectivity index is 2.24. The van der Waals surface area contributed by atoms with Crippen LogP contribution < -0.4 is 5.32 Å². The first-order chi connectivity index (χ1) is 7.92. The molecule has 1 unspecified atom stereocenters. The van der Waals surface area contributed by atoms with Crippen LogP contribution in [-0.2, 0) is 0 Å². The highest BCUT2D eigenvalue weighted by Gasteiger charge is 2.34. The molecule has 2 heterocycles. The van der Waals surface area contributed by atoms with E-state index in [-0.39, 0.29) is 5.54 Å². The topological polar surface area (TPSA) is 28.4 Å². The smallest absolute Gasteiger partial charge is 0.105 e. The van der Waals surface area contributed by atoms with Crippen LogP contribution in [0.2, 0.25) is 0 Å². The van der Waals surface area contributed by atoms with Gasteiger partial charge in [-0.3, -0.25) is 4.90 Å². The quantitative estimate of drug-likeness (QED) is 0.855. The highest BCUT2D eigenvalue weighted by molar-refractivity contribution is 5.24. The first-order valence-electron chi connectivity index (χ1n) is 6.46. The van der Waals surface area contributed by atoms with Crippen LogP contribution in [0.25, 0.3) is 0 Å². The van der Waals surface area contributed by atoms with Crippen LogP contribution in [0.3, 0.4) is 0 Å². The SMILES string of the molecule is Cc1cc(C(C)N2CCNCC2(C)C)c(C)o1. The van der Waals surface area contributed by atoms with Crippen molar-refractivity contribution in [3.05, 3.63) is 23.2 Å². The summed E-state index contributed by atoms with van der Waals surface area (Å²) in [5.41, 5.74) is 1.53. The Bertz CT molecular complexity index is 395. The first kappa shape index (κ1) is 12.7. The normalized spacial score (nSPS) is 22.6. The van der Waals surface area contributed by atoms with Gasteiger partial charge in [0.25, 0.3) is 0 Å². The summed E-state index contributed by atoms with van der Waals surface area (Å²) in [6.07, 6.45) is 0. The fourth-order valence-electron chi connectivity index (χ4n) is 2.95. The zero-order valence-electron chi connectivity index (χ0n) is 11.6. The monoisotopic (exact) mass is 236 g/mol. The number of piperazine rings is 1. The standard InChI is InChI=1S/C14H24N2O/c1-10-8-13(12(3)17-10)11(2)16-7-6-15-9-14(16,4)5/h8,11,15H,6-7,9H2,1-5H3. The molecule has 0 saturated carbocycles. The largest absolute Gasteiger partial charge is 0.466 e. The molecule has 0 amide bonds. The van der Waals surface area contributed by atoms with Gasteiger partial charge in [0.15, 0.2) is 0 Å². The molecule has 1 aliphatic rings. The summed E-state index contributed by atoms with van der Waals surface area (Å²) in [7, 11) is 0. The van der Waals surface area contributed by atoms with Gasteiger partial charge in [0.05, 0.1) is 0 Å². The molecular weight excluding hydrogens is 212 g/mol. The number of aryl methyl sites for hydroxylation is 2. The Labute approximate surface area is 104 Å². The van der Waals surface area contributed by atoms with Gasteiger partial charge < -0.3 is 9.73 Å². The summed E-state index contributed by atoms with van der Waals surface area (Å²) in [6, 6.07) is 2.60.